The molecule has 1 aliphatic rings. The first-order valence-electron chi connectivity index (χ1n) is 7.23. The van der Waals surface area contributed by atoms with Crippen molar-refractivity contribution < 1.29 is 4.79 Å². The number of hydrogen-bond acceptors (Lipinski definition) is 5. The molecule has 23 heavy (non-hydrogen) atoms. The SMILES string of the molecule is O=NN1CCCN(C(=O)Cn2c(=O)sc3ccc(Cl)cc32)CC1. The molecule has 0 unspecified atom stereocenters. The van der Waals surface area contributed by atoms with E-state index < -0.39 is 0 Å². The van der Waals surface area contributed by atoms with E-state index in [9.17, 15) is 14.5 Å². The van der Waals surface area contributed by atoms with Crippen molar-refractivity contribution in [1.29, 1.82) is 0 Å². The molecule has 9 heteroatoms. The summed E-state index contributed by atoms with van der Waals surface area (Å²) in [5.74, 6) is -0.139. The fourth-order valence-electron chi connectivity index (χ4n) is 2.66. The van der Waals surface area contributed by atoms with Crippen LogP contribution in [0.5, 0.6) is 0 Å². The van der Waals surface area contributed by atoms with E-state index in [1.165, 1.54) is 9.58 Å². The van der Waals surface area contributed by atoms with Gasteiger partial charge in [-0.1, -0.05) is 22.9 Å². The maximum absolute atomic E-state index is 12.5. The molecule has 1 fully saturated rings. The molecule has 0 N–H and O–H groups in total. The van der Waals surface area contributed by atoms with Crippen LogP contribution in [0.25, 0.3) is 10.2 Å². The third-order valence-electron chi connectivity index (χ3n) is 3.86. The van der Waals surface area contributed by atoms with Gasteiger partial charge in [0.1, 0.15) is 6.54 Å². The van der Waals surface area contributed by atoms with Crippen LogP contribution in [-0.4, -0.2) is 46.6 Å². The van der Waals surface area contributed by atoms with E-state index in [1.807, 2.05) is 0 Å². The van der Waals surface area contributed by atoms with Crippen LogP contribution in [0.3, 0.4) is 0 Å². The highest BCUT2D eigenvalue weighted by Crippen LogP contribution is 2.21. The monoisotopic (exact) mass is 354 g/mol. The van der Waals surface area contributed by atoms with E-state index in [4.69, 9.17) is 11.6 Å². The average Bonchev–Trinajstić information content (AvgIpc) is 2.73. The molecule has 1 saturated heterocycles. The van der Waals surface area contributed by atoms with Crippen molar-refractivity contribution in [3.63, 3.8) is 0 Å². The summed E-state index contributed by atoms with van der Waals surface area (Å²) >= 11 is 7.08. The highest BCUT2D eigenvalue weighted by molar-refractivity contribution is 7.16. The molecule has 0 radical (unpaired) electrons. The number of aromatic nitrogens is 1. The molecule has 0 saturated carbocycles. The maximum atomic E-state index is 12.5. The zero-order valence-corrected chi connectivity index (χ0v) is 13.8. The number of amides is 1. The second-order valence-electron chi connectivity index (χ2n) is 5.34. The number of rotatable bonds is 3. The molecule has 0 spiro atoms. The largest absolute Gasteiger partial charge is 0.339 e. The number of halogens is 1. The minimum absolute atomic E-state index is 0.0201. The summed E-state index contributed by atoms with van der Waals surface area (Å²) in [6.07, 6.45) is 0.683. The van der Waals surface area contributed by atoms with Crippen LogP contribution in [0.1, 0.15) is 6.42 Å². The fourth-order valence-corrected chi connectivity index (χ4v) is 3.69. The Labute approximate surface area is 141 Å². The van der Waals surface area contributed by atoms with Crippen LogP contribution in [0.4, 0.5) is 0 Å². The normalized spacial score (nSPS) is 15.7. The first kappa shape index (κ1) is 15.9. The molecule has 1 aromatic carbocycles. The third kappa shape index (κ3) is 3.37. The summed E-state index contributed by atoms with van der Waals surface area (Å²) in [6.45, 7) is 1.93. The van der Waals surface area contributed by atoms with Crippen molar-refractivity contribution in [3.05, 3.63) is 37.8 Å². The van der Waals surface area contributed by atoms with Gasteiger partial charge in [0.2, 0.25) is 5.91 Å². The smallest absolute Gasteiger partial charge is 0.308 e. The summed E-state index contributed by atoms with van der Waals surface area (Å²) in [5, 5.41) is 4.86. The number of benzene rings is 1. The highest BCUT2D eigenvalue weighted by atomic mass is 35.5. The van der Waals surface area contributed by atoms with E-state index in [1.54, 1.807) is 23.1 Å². The van der Waals surface area contributed by atoms with Gasteiger partial charge in [-0.05, 0) is 24.6 Å². The lowest BCUT2D eigenvalue weighted by atomic mass is 10.3. The molecule has 1 amide bonds. The highest BCUT2D eigenvalue weighted by Gasteiger charge is 2.20. The number of carbonyl (C=O) groups excluding carboxylic acids is 1. The summed E-state index contributed by atoms with van der Waals surface area (Å²) in [7, 11) is 0. The second-order valence-corrected chi connectivity index (χ2v) is 6.77. The lowest BCUT2D eigenvalue weighted by Crippen LogP contribution is -2.37. The van der Waals surface area contributed by atoms with Crippen molar-refractivity contribution in [2.24, 2.45) is 5.29 Å². The Balaban J connectivity index is 1.80. The van der Waals surface area contributed by atoms with Gasteiger partial charge in [-0.25, -0.2) is 0 Å². The zero-order chi connectivity index (χ0) is 16.4. The Hall–Kier alpha value is -1.93. The number of nitrogens with zero attached hydrogens (tertiary/aromatic N) is 4. The Morgan fingerprint density at radius 2 is 2.09 bits per heavy atom. The van der Waals surface area contributed by atoms with Gasteiger partial charge >= 0.3 is 4.87 Å². The molecule has 0 bridgehead atoms. The van der Waals surface area contributed by atoms with Gasteiger partial charge in [0.15, 0.2) is 0 Å². The molecule has 0 aliphatic carbocycles. The van der Waals surface area contributed by atoms with Crippen molar-refractivity contribution in [2.45, 2.75) is 13.0 Å². The first-order chi connectivity index (χ1) is 11.1. The van der Waals surface area contributed by atoms with Gasteiger partial charge in [0, 0.05) is 24.7 Å². The van der Waals surface area contributed by atoms with Crippen LogP contribution >= 0.6 is 22.9 Å². The minimum atomic E-state index is -0.179. The average molecular weight is 355 g/mol. The third-order valence-corrected chi connectivity index (χ3v) is 5.06. The molecule has 3 rings (SSSR count). The Kier molecular flexibility index (Phi) is 4.63. The first-order valence-corrected chi connectivity index (χ1v) is 8.43. The summed E-state index contributed by atoms with van der Waals surface area (Å²) < 4.78 is 2.26. The number of hydrogen-bond donors (Lipinski definition) is 0. The number of carbonyl (C=O) groups is 1. The predicted molar refractivity (Wildman–Crippen MR) is 89.7 cm³/mol. The van der Waals surface area contributed by atoms with Gasteiger partial charge in [0.05, 0.1) is 22.0 Å². The number of thiazole rings is 1. The molecule has 2 aromatic rings. The van der Waals surface area contributed by atoms with Crippen LogP contribution in [0, 0.1) is 4.91 Å². The lowest BCUT2D eigenvalue weighted by molar-refractivity contribution is -0.131. The van der Waals surface area contributed by atoms with Gasteiger partial charge in [-0.2, -0.15) is 0 Å². The van der Waals surface area contributed by atoms with Crippen LogP contribution < -0.4 is 4.87 Å². The van der Waals surface area contributed by atoms with Crippen molar-refractivity contribution in [3.8, 4) is 0 Å². The standard InChI is InChI=1S/C14H15ClN4O3S/c15-10-2-3-12-11(8-10)19(14(21)23-12)9-13(20)17-4-1-5-18(16-22)7-6-17/h2-3,8H,1,4-7,9H2. The molecule has 1 aliphatic heterocycles. The molecule has 1 aromatic heterocycles. The van der Waals surface area contributed by atoms with Gasteiger partial charge in [-0.3, -0.25) is 19.2 Å². The van der Waals surface area contributed by atoms with Crippen LogP contribution in [-0.2, 0) is 11.3 Å². The van der Waals surface area contributed by atoms with Crippen molar-refractivity contribution in [2.75, 3.05) is 26.2 Å². The van der Waals surface area contributed by atoms with Crippen LogP contribution in [0.15, 0.2) is 28.3 Å². The molecule has 0 atom stereocenters. The topological polar surface area (TPSA) is 75.0 Å². The van der Waals surface area contributed by atoms with E-state index in [2.05, 4.69) is 5.29 Å². The predicted octanol–water partition coefficient (Wildman–Crippen LogP) is 1.93. The summed E-state index contributed by atoms with van der Waals surface area (Å²) in [4.78, 5) is 36.7. The summed E-state index contributed by atoms with van der Waals surface area (Å²) in [6, 6.07) is 5.20. The lowest BCUT2D eigenvalue weighted by Gasteiger charge is -2.20. The second kappa shape index (κ2) is 6.67. The molecule has 7 nitrogen and oxygen atoms in total. The number of nitroso groups, excluding NO2 is 1. The van der Waals surface area contributed by atoms with E-state index >= 15 is 0 Å². The molecule has 122 valence electrons. The maximum Gasteiger partial charge on any atom is 0.308 e. The van der Waals surface area contributed by atoms with E-state index in [0.717, 1.165) is 16.0 Å². The van der Waals surface area contributed by atoms with E-state index in [-0.39, 0.29) is 17.3 Å². The Morgan fingerprint density at radius 1 is 1.26 bits per heavy atom. The van der Waals surface area contributed by atoms with Crippen molar-refractivity contribution in [1.82, 2.24) is 14.5 Å². The Bertz CT molecular complexity index is 803. The van der Waals surface area contributed by atoms with Crippen LogP contribution in [0.2, 0.25) is 5.02 Å². The number of fused-ring (bicyclic) bond motifs is 1. The molecular weight excluding hydrogens is 340 g/mol. The summed E-state index contributed by atoms with van der Waals surface area (Å²) in [5.41, 5.74) is 0.673. The molecular formula is C14H15ClN4O3S. The fraction of sp³-hybridized carbons (Fsp3) is 0.429. The Morgan fingerprint density at radius 3 is 2.87 bits per heavy atom. The molecule has 2 heterocycles. The zero-order valence-electron chi connectivity index (χ0n) is 12.3. The van der Waals surface area contributed by atoms with Gasteiger partial charge < -0.3 is 4.90 Å². The van der Waals surface area contributed by atoms with Gasteiger partial charge in [0.25, 0.3) is 0 Å². The van der Waals surface area contributed by atoms with Gasteiger partial charge in [-0.15, -0.1) is 4.91 Å². The minimum Gasteiger partial charge on any atom is -0.339 e. The van der Waals surface area contributed by atoms with E-state index in [0.29, 0.717) is 43.1 Å². The van der Waals surface area contributed by atoms with Crippen molar-refractivity contribution >= 4 is 39.1 Å². The quantitative estimate of drug-likeness (QED) is 0.789.